The third-order valence-electron chi connectivity index (χ3n) is 5.12. The maximum absolute atomic E-state index is 12.9. The van der Waals surface area contributed by atoms with Gasteiger partial charge in [-0.3, -0.25) is 4.79 Å². The highest BCUT2D eigenvalue weighted by atomic mass is 32.2. The second-order valence-electron chi connectivity index (χ2n) is 7.29. The van der Waals surface area contributed by atoms with Gasteiger partial charge in [0.05, 0.1) is 10.6 Å². The Kier molecular flexibility index (Phi) is 5.97. The zero-order chi connectivity index (χ0) is 19.4. The van der Waals surface area contributed by atoms with Crippen molar-refractivity contribution >= 4 is 15.7 Å². The molecule has 0 aliphatic carbocycles. The smallest absolute Gasteiger partial charge is 0.253 e. The summed E-state index contributed by atoms with van der Waals surface area (Å²) in [6.45, 7) is 3.35. The molecule has 2 aromatic carbocycles. The average molecular weight is 387 g/mol. The summed E-state index contributed by atoms with van der Waals surface area (Å²) in [5.74, 6) is 0.129. The number of likely N-dealkylation sites (tertiary alicyclic amines) is 1. The number of carbonyl (C=O) groups is 1. The molecule has 2 atom stereocenters. The monoisotopic (exact) mass is 386 g/mol. The number of nitrogens with zero attached hydrogens (tertiary/aromatic N) is 1. The summed E-state index contributed by atoms with van der Waals surface area (Å²) in [6.07, 6.45) is 1.98. The zero-order valence-corrected chi connectivity index (χ0v) is 16.4. The Hall–Kier alpha value is -2.18. The molecule has 0 aromatic heterocycles. The third-order valence-corrected chi connectivity index (χ3v) is 6.83. The van der Waals surface area contributed by atoms with E-state index >= 15 is 0 Å². The second kappa shape index (κ2) is 8.23. The van der Waals surface area contributed by atoms with Crippen LogP contribution in [0.4, 0.5) is 0 Å². The van der Waals surface area contributed by atoms with E-state index in [0.717, 1.165) is 12.8 Å². The van der Waals surface area contributed by atoms with Gasteiger partial charge in [0.25, 0.3) is 5.91 Å². The van der Waals surface area contributed by atoms with Crippen LogP contribution < -0.4 is 5.73 Å². The SMILES string of the molecule is C[C@@H](N)[C@H]1CCCN(C(=O)c2cccc(CS(=O)(=O)c3ccccc3)c2)C1. The number of carbonyl (C=O) groups excluding carboxylic acids is 1. The van der Waals surface area contributed by atoms with E-state index in [-0.39, 0.29) is 22.6 Å². The van der Waals surface area contributed by atoms with Crippen LogP contribution in [0.2, 0.25) is 0 Å². The molecule has 2 N–H and O–H groups in total. The van der Waals surface area contributed by atoms with E-state index in [4.69, 9.17) is 5.73 Å². The van der Waals surface area contributed by atoms with Gasteiger partial charge in [0.2, 0.25) is 0 Å². The predicted molar refractivity (Wildman–Crippen MR) is 106 cm³/mol. The van der Waals surface area contributed by atoms with Crippen LogP contribution in [0.1, 0.15) is 35.7 Å². The Morgan fingerprint density at radius 1 is 1.19 bits per heavy atom. The second-order valence-corrected chi connectivity index (χ2v) is 9.27. The lowest BCUT2D eigenvalue weighted by molar-refractivity contribution is 0.0661. The highest BCUT2D eigenvalue weighted by Gasteiger charge is 2.26. The van der Waals surface area contributed by atoms with Gasteiger partial charge in [0.15, 0.2) is 9.84 Å². The van der Waals surface area contributed by atoms with E-state index in [9.17, 15) is 13.2 Å². The Balaban J connectivity index is 1.76. The fraction of sp³-hybridized carbons (Fsp3) is 0.381. The van der Waals surface area contributed by atoms with Gasteiger partial charge in [0.1, 0.15) is 0 Å². The van der Waals surface area contributed by atoms with E-state index in [1.54, 1.807) is 54.6 Å². The summed E-state index contributed by atoms with van der Waals surface area (Å²) in [6, 6.07) is 15.4. The topological polar surface area (TPSA) is 80.5 Å². The fourth-order valence-electron chi connectivity index (χ4n) is 3.53. The molecule has 1 heterocycles. The number of piperidine rings is 1. The molecular weight excluding hydrogens is 360 g/mol. The highest BCUT2D eigenvalue weighted by molar-refractivity contribution is 7.90. The van der Waals surface area contributed by atoms with Gasteiger partial charge in [-0.05, 0) is 55.5 Å². The van der Waals surface area contributed by atoms with Crippen molar-refractivity contribution in [2.75, 3.05) is 13.1 Å². The number of sulfone groups is 1. The van der Waals surface area contributed by atoms with E-state index in [1.165, 1.54) is 0 Å². The molecule has 0 saturated carbocycles. The van der Waals surface area contributed by atoms with Gasteiger partial charge < -0.3 is 10.6 Å². The maximum Gasteiger partial charge on any atom is 0.253 e. The molecule has 0 radical (unpaired) electrons. The standard InChI is InChI=1S/C21H26N2O3S/c1-16(22)19-9-6-12-23(14-19)21(24)18-8-5-7-17(13-18)15-27(25,26)20-10-3-2-4-11-20/h2-5,7-8,10-11,13,16,19H,6,9,12,14-15,22H2,1H3/t16-,19+/m1/s1. The van der Waals surface area contributed by atoms with Gasteiger partial charge in [-0.15, -0.1) is 0 Å². The number of hydrogen-bond donors (Lipinski definition) is 1. The van der Waals surface area contributed by atoms with Gasteiger partial charge in [-0.25, -0.2) is 8.42 Å². The minimum absolute atomic E-state index is 0.0562. The van der Waals surface area contributed by atoms with Crippen LogP contribution in [0.15, 0.2) is 59.5 Å². The van der Waals surface area contributed by atoms with Gasteiger partial charge in [-0.2, -0.15) is 0 Å². The summed E-state index contributed by atoms with van der Waals surface area (Å²) < 4.78 is 25.2. The van der Waals surface area contributed by atoms with Crippen molar-refractivity contribution in [3.8, 4) is 0 Å². The normalized spacial score (nSPS) is 18.9. The lowest BCUT2D eigenvalue weighted by Crippen LogP contribution is -2.45. The molecule has 1 amide bonds. The van der Waals surface area contributed by atoms with Crippen molar-refractivity contribution < 1.29 is 13.2 Å². The number of nitrogens with two attached hydrogens (primary N) is 1. The molecule has 1 fully saturated rings. The van der Waals surface area contributed by atoms with Gasteiger partial charge in [0, 0.05) is 24.7 Å². The molecule has 27 heavy (non-hydrogen) atoms. The van der Waals surface area contributed by atoms with Crippen LogP contribution in [0, 0.1) is 5.92 Å². The molecule has 1 aliphatic heterocycles. The Morgan fingerprint density at radius 2 is 1.93 bits per heavy atom. The molecule has 1 aliphatic rings. The number of benzene rings is 2. The molecule has 1 saturated heterocycles. The van der Waals surface area contributed by atoms with Crippen LogP contribution in [-0.4, -0.2) is 38.4 Å². The van der Waals surface area contributed by atoms with E-state index in [0.29, 0.717) is 30.1 Å². The largest absolute Gasteiger partial charge is 0.338 e. The van der Waals surface area contributed by atoms with Crippen LogP contribution in [0.3, 0.4) is 0 Å². The number of amides is 1. The summed E-state index contributed by atoms with van der Waals surface area (Å²) in [5.41, 5.74) is 7.16. The molecule has 3 rings (SSSR count). The summed E-state index contributed by atoms with van der Waals surface area (Å²) >= 11 is 0. The summed E-state index contributed by atoms with van der Waals surface area (Å²) in [5, 5.41) is 0. The van der Waals surface area contributed by atoms with Crippen LogP contribution in [0.5, 0.6) is 0 Å². The first-order valence-electron chi connectivity index (χ1n) is 9.28. The van der Waals surface area contributed by atoms with Crippen molar-refractivity contribution in [3.05, 3.63) is 65.7 Å². The van der Waals surface area contributed by atoms with E-state index in [1.807, 2.05) is 11.8 Å². The van der Waals surface area contributed by atoms with Crippen LogP contribution >= 0.6 is 0 Å². The van der Waals surface area contributed by atoms with E-state index < -0.39 is 9.84 Å². The first-order chi connectivity index (χ1) is 12.9. The molecule has 0 bridgehead atoms. The Morgan fingerprint density at radius 3 is 2.63 bits per heavy atom. The Bertz CT molecular complexity index is 895. The van der Waals surface area contributed by atoms with Crippen LogP contribution in [0.25, 0.3) is 0 Å². The highest BCUT2D eigenvalue weighted by Crippen LogP contribution is 2.22. The number of rotatable bonds is 5. The van der Waals surface area contributed by atoms with Gasteiger partial charge in [-0.1, -0.05) is 30.3 Å². The van der Waals surface area contributed by atoms with Crippen molar-refractivity contribution in [2.45, 2.75) is 36.5 Å². The third kappa shape index (κ3) is 4.76. The van der Waals surface area contributed by atoms with Crippen LogP contribution in [-0.2, 0) is 15.6 Å². The molecule has 6 heteroatoms. The van der Waals surface area contributed by atoms with Crippen molar-refractivity contribution in [1.29, 1.82) is 0 Å². The van der Waals surface area contributed by atoms with E-state index in [2.05, 4.69) is 0 Å². The van der Waals surface area contributed by atoms with Gasteiger partial charge >= 0.3 is 0 Å². The Labute approximate surface area is 161 Å². The summed E-state index contributed by atoms with van der Waals surface area (Å²) in [7, 11) is -3.44. The molecule has 0 spiro atoms. The molecule has 0 unspecified atom stereocenters. The molecule has 2 aromatic rings. The first kappa shape index (κ1) is 19.6. The van der Waals surface area contributed by atoms with Crippen molar-refractivity contribution in [3.63, 3.8) is 0 Å². The maximum atomic E-state index is 12.9. The molecule has 5 nitrogen and oxygen atoms in total. The lowest BCUT2D eigenvalue weighted by Gasteiger charge is -2.34. The fourth-order valence-corrected chi connectivity index (χ4v) is 4.89. The molecule has 144 valence electrons. The predicted octanol–water partition coefficient (Wildman–Crippen LogP) is 2.86. The van der Waals surface area contributed by atoms with Crippen molar-refractivity contribution in [1.82, 2.24) is 4.90 Å². The average Bonchev–Trinajstić information content (AvgIpc) is 2.68. The minimum atomic E-state index is -3.44. The quantitative estimate of drug-likeness (QED) is 0.857. The van der Waals surface area contributed by atoms with Crippen molar-refractivity contribution in [2.24, 2.45) is 11.7 Å². The minimum Gasteiger partial charge on any atom is -0.338 e. The molecular formula is C21H26N2O3S. The number of hydrogen-bond acceptors (Lipinski definition) is 4. The zero-order valence-electron chi connectivity index (χ0n) is 15.5. The summed E-state index contributed by atoms with van der Waals surface area (Å²) in [4.78, 5) is 15.0. The first-order valence-corrected chi connectivity index (χ1v) is 10.9. The lowest BCUT2D eigenvalue weighted by atomic mass is 9.92.